The molecule has 1 aromatic carbocycles. The van der Waals surface area contributed by atoms with Crippen LogP contribution in [0.2, 0.25) is 0 Å². The topological polar surface area (TPSA) is 101 Å². The van der Waals surface area contributed by atoms with Gasteiger partial charge >= 0.3 is 6.18 Å². The monoisotopic (exact) mass is 515 g/mol. The number of amides is 2. The van der Waals surface area contributed by atoms with Crippen molar-refractivity contribution in [1.82, 2.24) is 20.1 Å². The number of rotatable bonds is 4. The van der Waals surface area contributed by atoms with Crippen LogP contribution >= 0.6 is 0 Å². The number of hydrogen-bond acceptors (Lipinski definition) is 6. The number of carbonyl (C=O) groups is 2. The molecule has 2 aromatic heterocycles. The van der Waals surface area contributed by atoms with E-state index in [4.69, 9.17) is 9.47 Å². The highest BCUT2D eigenvalue weighted by Gasteiger charge is 2.60. The molecular weight excluding hydrogens is 491 g/mol. The average Bonchev–Trinajstić information content (AvgIpc) is 3.40. The fourth-order valence-electron chi connectivity index (χ4n) is 5.53. The lowest BCUT2D eigenvalue weighted by atomic mass is 9.63. The van der Waals surface area contributed by atoms with E-state index in [0.29, 0.717) is 29.9 Å². The molecule has 37 heavy (non-hydrogen) atoms. The summed E-state index contributed by atoms with van der Waals surface area (Å²) in [5, 5.41) is 6.78. The van der Waals surface area contributed by atoms with Crippen LogP contribution < -0.4 is 9.64 Å². The molecule has 9 nitrogen and oxygen atoms in total. The predicted molar refractivity (Wildman–Crippen MR) is 125 cm³/mol. The summed E-state index contributed by atoms with van der Waals surface area (Å²) < 4.78 is 50.6. The third-order valence-electron chi connectivity index (χ3n) is 7.49. The molecule has 3 aliphatic rings. The fourth-order valence-corrected chi connectivity index (χ4v) is 5.53. The second-order valence-electron chi connectivity index (χ2n) is 9.85. The van der Waals surface area contributed by atoms with Crippen molar-refractivity contribution in [2.45, 2.75) is 49.6 Å². The molecule has 194 valence electrons. The zero-order valence-electron chi connectivity index (χ0n) is 19.9. The average molecular weight is 515 g/mol. The summed E-state index contributed by atoms with van der Waals surface area (Å²) in [4.78, 5) is 33.8. The van der Waals surface area contributed by atoms with Gasteiger partial charge < -0.3 is 19.3 Å². The number of anilines is 1. The number of nitrogens with one attached hydrogen (secondary N) is 1. The molecule has 6 rings (SSSR count). The summed E-state index contributed by atoms with van der Waals surface area (Å²) in [6.07, 6.45) is -4.46. The predicted octanol–water partition coefficient (Wildman–Crippen LogP) is 2.96. The second-order valence-corrected chi connectivity index (χ2v) is 9.85. The van der Waals surface area contributed by atoms with E-state index in [2.05, 4.69) is 15.2 Å². The number of morpholine rings is 1. The maximum atomic E-state index is 13.7. The van der Waals surface area contributed by atoms with Gasteiger partial charge in [-0.25, -0.2) is 4.98 Å². The van der Waals surface area contributed by atoms with Gasteiger partial charge in [0.25, 0.3) is 0 Å². The number of hydrogen-bond donors (Lipinski definition) is 1. The number of fused-ring (bicyclic) bond motifs is 3. The Morgan fingerprint density at radius 1 is 1.24 bits per heavy atom. The van der Waals surface area contributed by atoms with Crippen LogP contribution in [0, 0.1) is 0 Å². The maximum Gasteiger partial charge on any atom is 0.416 e. The number of carbonyl (C=O) groups excluding carboxylic acids is 2. The molecule has 2 fully saturated rings. The Hall–Kier alpha value is -3.67. The summed E-state index contributed by atoms with van der Waals surface area (Å²) in [6, 6.07) is 10.3. The van der Waals surface area contributed by atoms with E-state index in [1.54, 1.807) is 31.3 Å². The van der Waals surface area contributed by atoms with E-state index < -0.39 is 36.2 Å². The van der Waals surface area contributed by atoms with Gasteiger partial charge in [0.05, 0.1) is 36.3 Å². The van der Waals surface area contributed by atoms with Crippen LogP contribution in [0.4, 0.5) is 18.9 Å². The van der Waals surface area contributed by atoms with Crippen LogP contribution in [0.3, 0.4) is 0 Å². The molecule has 4 heterocycles. The first-order valence-electron chi connectivity index (χ1n) is 12.0. The summed E-state index contributed by atoms with van der Waals surface area (Å²) in [5.41, 5.74) is 2.02. The molecule has 1 aliphatic carbocycles. The minimum Gasteiger partial charge on any atom is -0.474 e. The quantitative estimate of drug-likeness (QED) is 0.574. The van der Waals surface area contributed by atoms with E-state index in [1.807, 2.05) is 18.2 Å². The number of aromatic nitrogens is 3. The molecule has 3 aromatic rings. The van der Waals surface area contributed by atoms with Crippen molar-refractivity contribution in [3.8, 4) is 5.88 Å². The SMILES string of the molecule is CC1COC(C(F)(F)F)CN1C(=O)CN1C(=O)C2(CC(Oc3ccc4[nH]ncc4n3)C2)c2ccccc21. The van der Waals surface area contributed by atoms with E-state index in [0.717, 1.165) is 16.0 Å². The molecule has 1 saturated heterocycles. The molecule has 2 unspecified atom stereocenters. The van der Waals surface area contributed by atoms with E-state index in [9.17, 15) is 22.8 Å². The lowest BCUT2D eigenvalue weighted by Gasteiger charge is -2.43. The number of benzene rings is 1. The van der Waals surface area contributed by atoms with Crippen LogP contribution in [0.5, 0.6) is 5.88 Å². The Labute approximate surface area is 209 Å². The summed E-state index contributed by atoms with van der Waals surface area (Å²) in [7, 11) is 0. The molecule has 1 N–H and O–H groups in total. The standard InChI is InChI=1S/C25H24F3N5O4/c1-14-13-36-20(25(26,27)28)11-32(14)22(34)12-33-19-5-3-2-4-16(19)24(23(33)35)8-15(9-24)37-21-7-6-17-18(30-21)10-29-31-17/h2-7,10,14-15,20H,8-9,11-13H2,1H3,(H,29,31). The van der Waals surface area contributed by atoms with Crippen molar-refractivity contribution < 1.29 is 32.2 Å². The highest BCUT2D eigenvalue weighted by atomic mass is 19.4. The zero-order chi connectivity index (χ0) is 25.9. The summed E-state index contributed by atoms with van der Waals surface area (Å²) in [6.45, 7) is 0.482. The number of H-pyrrole nitrogens is 1. The molecule has 2 atom stereocenters. The smallest absolute Gasteiger partial charge is 0.416 e. The molecule has 2 aliphatic heterocycles. The van der Waals surface area contributed by atoms with Crippen LogP contribution in [0.25, 0.3) is 11.0 Å². The van der Waals surface area contributed by atoms with Gasteiger partial charge in [-0.15, -0.1) is 0 Å². The Morgan fingerprint density at radius 3 is 2.81 bits per heavy atom. The minimum atomic E-state index is -4.57. The molecule has 2 amide bonds. The van der Waals surface area contributed by atoms with Gasteiger partial charge in [0.2, 0.25) is 17.7 Å². The highest BCUT2D eigenvalue weighted by Crippen LogP contribution is 2.54. The molecule has 0 radical (unpaired) electrons. The van der Waals surface area contributed by atoms with Crippen molar-refractivity contribution in [3.05, 3.63) is 48.2 Å². The molecule has 1 spiro atoms. The van der Waals surface area contributed by atoms with Gasteiger partial charge in [-0.1, -0.05) is 18.2 Å². The van der Waals surface area contributed by atoms with E-state index >= 15 is 0 Å². The zero-order valence-corrected chi connectivity index (χ0v) is 19.9. The van der Waals surface area contributed by atoms with Gasteiger partial charge in [0.1, 0.15) is 18.2 Å². The third-order valence-corrected chi connectivity index (χ3v) is 7.49. The molecular formula is C25H24F3N5O4. The van der Waals surface area contributed by atoms with Gasteiger partial charge in [0.15, 0.2) is 6.10 Å². The minimum absolute atomic E-state index is 0.220. The Kier molecular flexibility index (Phi) is 5.41. The fraction of sp³-hybridized carbons (Fsp3) is 0.440. The first-order chi connectivity index (χ1) is 17.7. The normalized spacial score (nSPS) is 27.5. The summed E-state index contributed by atoms with van der Waals surface area (Å²) >= 11 is 0. The van der Waals surface area contributed by atoms with E-state index in [-0.39, 0.29) is 25.2 Å². The van der Waals surface area contributed by atoms with Crippen molar-refractivity contribution in [3.63, 3.8) is 0 Å². The first-order valence-corrected chi connectivity index (χ1v) is 12.0. The van der Waals surface area contributed by atoms with Gasteiger partial charge in [-0.2, -0.15) is 18.3 Å². The van der Waals surface area contributed by atoms with E-state index in [1.165, 1.54) is 4.90 Å². The first kappa shape index (κ1) is 23.7. The van der Waals surface area contributed by atoms with Gasteiger partial charge in [-0.3, -0.25) is 14.7 Å². The van der Waals surface area contributed by atoms with Crippen LogP contribution in [0.1, 0.15) is 25.3 Å². The number of nitrogens with zero attached hydrogens (tertiary/aromatic N) is 4. The maximum absolute atomic E-state index is 13.7. The van der Waals surface area contributed by atoms with Crippen molar-refractivity contribution in [1.29, 1.82) is 0 Å². The van der Waals surface area contributed by atoms with Gasteiger partial charge in [0, 0.05) is 24.6 Å². The number of para-hydroxylation sites is 1. The van der Waals surface area contributed by atoms with Crippen LogP contribution in [0.15, 0.2) is 42.6 Å². The van der Waals surface area contributed by atoms with Crippen LogP contribution in [-0.4, -0.2) is 76.0 Å². The second kappa shape index (κ2) is 8.44. The van der Waals surface area contributed by atoms with Crippen molar-refractivity contribution in [2.75, 3.05) is 24.6 Å². The number of halogens is 3. The lowest BCUT2D eigenvalue weighted by molar-refractivity contribution is -0.242. The highest BCUT2D eigenvalue weighted by molar-refractivity contribution is 6.11. The Bertz CT molecular complexity index is 1370. The van der Waals surface area contributed by atoms with Gasteiger partial charge in [-0.05, 0) is 24.6 Å². The molecule has 1 saturated carbocycles. The summed E-state index contributed by atoms with van der Waals surface area (Å²) in [5.74, 6) is -0.358. The largest absolute Gasteiger partial charge is 0.474 e. The van der Waals surface area contributed by atoms with Crippen molar-refractivity contribution >= 4 is 28.5 Å². The Morgan fingerprint density at radius 2 is 2.03 bits per heavy atom. The number of ether oxygens (including phenoxy) is 2. The van der Waals surface area contributed by atoms with Crippen molar-refractivity contribution in [2.24, 2.45) is 0 Å². The third kappa shape index (κ3) is 3.90. The lowest BCUT2D eigenvalue weighted by Crippen LogP contribution is -2.58. The number of alkyl halides is 3. The number of aromatic amines is 1. The van der Waals surface area contributed by atoms with Crippen LogP contribution in [-0.2, 0) is 19.7 Å². The Balaban J connectivity index is 1.18. The molecule has 12 heteroatoms. The number of pyridine rings is 1. The molecule has 0 bridgehead atoms.